The maximum Gasteiger partial charge on any atom is 0.343 e. The molecule has 0 unspecified atom stereocenters. The second-order valence-corrected chi connectivity index (χ2v) is 6.74. The van der Waals surface area contributed by atoms with E-state index in [0.717, 1.165) is 5.56 Å². The summed E-state index contributed by atoms with van der Waals surface area (Å²) in [6.07, 6.45) is 1.48. The summed E-state index contributed by atoms with van der Waals surface area (Å²) in [6, 6.07) is 24.3. The molecule has 3 aromatic carbocycles. The molecule has 0 fully saturated rings. The molecule has 1 N–H and O–H groups in total. The second kappa shape index (κ2) is 10.1. The van der Waals surface area contributed by atoms with Gasteiger partial charge in [0.25, 0.3) is 5.91 Å². The van der Waals surface area contributed by atoms with Crippen LogP contribution >= 0.6 is 11.6 Å². The van der Waals surface area contributed by atoms with Crippen LogP contribution < -0.4 is 10.1 Å². The summed E-state index contributed by atoms with van der Waals surface area (Å²) in [4.78, 5) is 24.4. The molecule has 0 aliphatic rings. The van der Waals surface area contributed by atoms with Crippen molar-refractivity contribution in [3.05, 3.63) is 106 Å². The van der Waals surface area contributed by atoms with Crippen LogP contribution in [0.5, 0.6) is 5.75 Å². The molecule has 0 aliphatic carbocycles. The zero-order chi connectivity index (χ0) is 21.3. The van der Waals surface area contributed by atoms with Gasteiger partial charge in [-0.2, -0.15) is 5.26 Å². The van der Waals surface area contributed by atoms with Crippen LogP contribution in [0.15, 0.2) is 84.4 Å². The van der Waals surface area contributed by atoms with E-state index >= 15 is 0 Å². The number of nitrogens with one attached hydrogen (secondary N) is 1. The highest BCUT2D eigenvalue weighted by Crippen LogP contribution is 2.18. The van der Waals surface area contributed by atoms with Crippen LogP contribution in [0.2, 0.25) is 5.02 Å². The van der Waals surface area contributed by atoms with Crippen LogP contribution in [0.25, 0.3) is 6.08 Å². The summed E-state index contributed by atoms with van der Waals surface area (Å²) in [5.74, 6) is -0.652. The van der Waals surface area contributed by atoms with Crippen molar-refractivity contribution in [3.63, 3.8) is 0 Å². The Hall–Kier alpha value is -3.88. The van der Waals surface area contributed by atoms with Gasteiger partial charge in [0.1, 0.15) is 17.4 Å². The summed E-state index contributed by atoms with van der Waals surface area (Å²) >= 11 is 5.88. The van der Waals surface area contributed by atoms with Gasteiger partial charge in [-0.25, -0.2) is 4.79 Å². The third-order valence-corrected chi connectivity index (χ3v) is 4.36. The minimum atomic E-state index is -0.529. The smallest absolute Gasteiger partial charge is 0.343 e. The number of esters is 1. The van der Waals surface area contributed by atoms with Crippen LogP contribution in [-0.4, -0.2) is 11.9 Å². The summed E-state index contributed by atoms with van der Waals surface area (Å²) in [5, 5.41) is 12.5. The summed E-state index contributed by atoms with van der Waals surface area (Å²) in [5.41, 5.74) is 1.89. The third-order valence-electron chi connectivity index (χ3n) is 4.12. The van der Waals surface area contributed by atoms with Crippen molar-refractivity contribution >= 4 is 29.6 Å². The number of nitriles is 1. The molecule has 0 spiro atoms. The fraction of sp³-hybridized carbons (Fsp3) is 0.0417. The van der Waals surface area contributed by atoms with Gasteiger partial charge in [-0.1, -0.05) is 60.1 Å². The van der Waals surface area contributed by atoms with E-state index in [-0.39, 0.29) is 5.57 Å². The van der Waals surface area contributed by atoms with Gasteiger partial charge in [-0.05, 0) is 47.5 Å². The molecule has 0 bridgehead atoms. The standard InChI is InChI=1S/C24H17ClN2O3/c25-21-8-4-7-19(14-21)24(29)30-22-11-9-17(10-12-22)13-20(15-26)23(28)27-16-18-5-2-1-3-6-18/h1-14H,16H2,(H,27,28)/b20-13+. The molecule has 0 heterocycles. The van der Waals surface area contributed by atoms with Gasteiger partial charge in [0.15, 0.2) is 0 Å². The highest BCUT2D eigenvalue weighted by Gasteiger charge is 2.10. The van der Waals surface area contributed by atoms with Gasteiger partial charge in [-0.15, -0.1) is 0 Å². The number of amides is 1. The van der Waals surface area contributed by atoms with Crippen molar-refractivity contribution in [1.29, 1.82) is 5.26 Å². The summed E-state index contributed by atoms with van der Waals surface area (Å²) in [7, 11) is 0. The predicted molar refractivity (Wildman–Crippen MR) is 115 cm³/mol. The van der Waals surface area contributed by atoms with E-state index in [4.69, 9.17) is 16.3 Å². The molecule has 0 atom stereocenters. The fourth-order valence-corrected chi connectivity index (χ4v) is 2.79. The molecule has 5 nitrogen and oxygen atoms in total. The number of halogens is 1. The number of benzene rings is 3. The van der Waals surface area contributed by atoms with E-state index < -0.39 is 11.9 Å². The zero-order valence-electron chi connectivity index (χ0n) is 15.8. The minimum Gasteiger partial charge on any atom is -0.423 e. The van der Waals surface area contributed by atoms with Gasteiger partial charge in [0.05, 0.1) is 5.56 Å². The Labute approximate surface area is 179 Å². The first-order chi connectivity index (χ1) is 14.5. The summed E-state index contributed by atoms with van der Waals surface area (Å²) in [6.45, 7) is 0.330. The van der Waals surface area contributed by atoms with Crippen molar-refractivity contribution in [2.45, 2.75) is 6.54 Å². The largest absolute Gasteiger partial charge is 0.423 e. The van der Waals surface area contributed by atoms with E-state index in [1.807, 2.05) is 36.4 Å². The molecule has 0 saturated carbocycles. The molecule has 0 aliphatic heterocycles. The van der Waals surface area contributed by atoms with Gasteiger partial charge in [-0.3, -0.25) is 4.79 Å². The first-order valence-corrected chi connectivity index (χ1v) is 9.44. The topological polar surface area (TPSA) is 79.2 Å². The number of hydrogen-bond donors (Lipinski definition) is 1. The van der Waals surface area contributed by atoms with E-state index in [9.17, 15) is 14.9 Å². The molecular weight excluding hydrogens is 400 g/mol. The normalized spacial score (nSPS) is 10.7. The molecule has 30 heavy (non-hydrogen) atoms. The van der Waals surface area contributed by atoms with E-state index in [2.05, 4.69) is 5.32 Å². The van der Waals surface area contributed by atoms with Gasteiger partial charge >= 0.3 is 5.97 Å². The maximum absolute atomic E-state index is 12.3. The second-order valence-electron chi connectivity index (χ2n) is 6.31. The molecule has 0 aromatic heterocycles. The van der Waals surface area contributed by atoms with Crippen molar-refractivity contribution in [3.8, 4) is 11.8 Å². The Kier molecular flexibility index (Phi) is 6.99. The quantitative estimate of drug-likeness (QED) is 0.271. The number of rotatable bonds is 6. The minimum absolute atomic E-state index is 0.0189. The monoisotopic (exact) mass is 416 g/mol. The molecule has 3 rings (SSSR count). The van der Waals surface area contributed by atoms with Crippen molar-refractivity contribution in [1.82, 2.24) is 5.32 Å². The van der Waals surface area contributed by atoms with Gasteiger partial charge in [0.2, 0.25) is 0 Å². The Bertz CT molecular complexity index is 1120. The molecule has 3 aromatic rings. The molecular formula is C24H17ClN2O3. The molecule has 6 heteroatoms. The number of nitrogens with zero attached hydrogens (tertiary/aromatic N) is 1. The number of hydrogen-bond acceptors (Lipinski definition) is 4. The Balaban J connectivity index is 1.64. The van der Waals surface area contributed by atoms with Crippen LogP contribution in [0.1, 0.15) is 21.5 Å². The molecule has 1 amide bonds. The molecule has 0 radical (unpaired) electrons. The van der Waals surface area contributed by atoms with E-state index in [1.54, 1.807) is 42.5 Å². The zero-order valence-corrected chi connectivity index (χ0v) is 16.6. The maximum atomic E-state index is 12.3. The highest BCUT2D eigenvalue weighted by atomic mass is 35.5. The predicted octanol–water partition coefficient (Wildman–Crippen LogP) is 4.78. The lowest BCUT2D eigenvalue weighted by Crippen LogP contribution is -2.23. The fourth-order valence-electron chi connectivity index (χ4n) is 2.60. The summed E-state index contributed by atoms with van der Waals surface area (Å²) < 4.78 is 5.31. The van der Waals surface area contributed by atoms with Crippen LogP contribution in [0.3, 0.4) is 0 Å². The average molecular weight is 417 g/mol. The van der Waals surface area contributed by atoms with Crippen molar-refractivity contribution in [2.24, 2.45) is 0 Å². The number of carbonyl (C=O) groups is 2. The van der Waals surface area contributed by atoms with E-state index in [1.165, 1.54) is 12.1 Å². The van der Waals surface area contributed by atoms with Crippen LogP contribution in [0.4, 0.5) is 0 Å². The average Bonchev–Trinajstić information content (AvgIpc) is 2.77. The van der Waals surface area contributed by atoms with Gasteiger partial charge in [0, 0.05) is 11.6 Å². The van der Waals surface area contributed by atoms with Crippen molar-refractivity contribution < 1.29 is 14.3 Å². The lowest BCUT2D eigenvalue weighted by molar-refractivity contribution is -0.117. The van der Waals surface area contributed by atoms with Crippen LogP contribution in [-0.2, 0) is 11.3 Å². The Morgan fingerprint density at radius 1 is 1.00 bits per heavy atom. The Morgan fingerprint density at radius 2 is 1.73 bits per heavy atom. The first kappa shape index (κ1) is 20.8. The highest BCUT2D eigenvalue weighted by molar-refractivity contribution is 6.30. The van der Waals surface area contributed by atoms with E-state index in [0.29, 0.717) is 28.4 Å². The number of ether oxygens (including phenoxy) is 1. The van der Waals surface area contributed by atoms with Crippen molar-refractivity contribution in [2.75, 3.05) is 0 Å². The molecule has 148 valence electrons. The lowest BCUT2D eigenvalue weighted by Gasteiger charge is -2.06. The lowest BCUT2D eigenvalue weighted by atomic mass is 10.1. The van der Waals surface area contributed by atoms with Crippen LogP contribution in [0, 0.1) is 11.3 Å². The first-order valence-electron chi connectivity index (χ1n) is 9.07. The number of carbonyl (C=O) groups excluding carboxylic acids is 2. The SMILES string of the molecule is N#C/C(=C\c1ccc(OC(=O)c2cccc(Cl)c2)cc1)C(=O)NCc1ccccc1. The Morgan fingerprint density at radius 3 is 2.40 bits per heavy atom. The third kappa shape index (κ3) is 5.81. The molecule has 0 saturated heterocycles. The van der Waals surface area contributed by atoms with Gasteiger partial charge < -0.3 is 10.1 Å².